The lowest BCUT2D eigenvalue weighted by molar-refractivity contribution is -0.145. The fourth-order valence-corrected chi connectivity index (χ4v) is 1.69. The number of hydrogen-bond donors (Lipinski definition) is 1. The van der Waals surface area contributed by atoms with Crippen molar-refractivity contribution in [3.63, 3.8) is 0 Å². The molecule has 0 aliphatic heterocycles. The Balaban J connectivity index is 2.44. The van der Waals surface area contributed by atoms with Crippen molar-refractivity contribution in [1.29, 1.82) is 0 Å². The van der Waals surface area contributed by atoms with Gasteiger partial charge < -0.3 is 10.1 Å². The lowest BCUT2D eigenvalue weighted by Crippen LogP contribution is -2.41. The van der Waals surface area contributed by atoms with Crippen molar-refractivity contribution in [2.75, 3.05) is 7.11 Å². The number of hydrogen-bond acceptors (Lipinski definition) is 3. The predicted octanol–water partition coefficient (Wildman–Crippen LogP) is 1.85. The Labute approximate surface area is 113 Å². The van der Waals surface area contributed by atoms with E-state index in [0.29, 0.717) is 19.3 Å². The summed E-state index contributed by atoms with van der Waals surface area (Å²) in [6.45, 7) is 3.56. The van der Waals surface area contributed by atoms with E-state index < -0.39 is 12.0 Å². The number of carbonyl (C=O) groups is 2. The molecule has 0 aliphatic rings. The van der Waals surface area contributed by atoms with E-state index in [1.165, 1.54) is 7.11 Å². The minimum atomic E-state index is -0.647. The van der Waals surface area contributed by atoms with Crippen LogP contribution in [0.15, 0.2) is 43.0 Å². The van der Waals surface area contributed by atoms with E-state index in [1.54, 1.807) is 6.08 Å². The van der Waals surface area contributed by atoms with Crippen LogP contribution >= 0.6 is 0 Å². The van der Waals surface area contributed by atoms with E-state index >= 15 is 0 Å². The predicted molar refractivity (Wildman–Crippen MR) is 73.5 cm³/mol. The van der Waals surface area contributed by atoms with Crippen LogP contribution in [0.1, 0.15) is 18.4 Å². The van der Waals surface area contributed by atoms with Gasteiger partial charge in [-0.1, -0.05) is 36.4 Å². The molecule has 0 unspecified atom stereocenters. The van der Waals surface area contributed by atoms with Crippen LogP contribution in [0.4, 0.5) is 0 Å². The van der Waals surface area contributed by atoms with Gasteiger partial charge in [0.25, 0.3) is 0 Å². The fraction of sp³-hybridized carbons (Fsp3) is 0.333. The van der Waals surface area contributed by atoms with Gasteiger partial charge in [-0.05, 0) is 18.4 Å². The van der Waals surface area contributed by atoms with Gasteiger partial charge in [0.1, 0.15) is 6.04 Å². The number of nitrogens with one attached hydrogen (secondary N) is 1. The second-order valence-corrected chi connectivity index (χ2v) is 4.15. The third-order valence-electron chi connectivity index (χ3n) is 2.71. The molecule has 1 aromatic carbocycles. The summed E-state index contributed by atoms with van der Waals surface area (Å²) in [5.74, 6) is -0.617. The number of ether oxygens (including phenoxy) is 1. The minimum absolute atomic E-state index is 0.166. The largest absolute Gasteiger partial charge is 0.467 e. The van der Waals surface area contributed by atoms with Gasteiger partial charge in [0.2, 0.25) is 5.91 Å². The van der Waals surface area contributed by atoms with Crippen LogP contribution in [0.2, 0.25) is 0 Å². The van der Waals surface area contributed by atoms with Crippen molar-refractivity contribution >= 4 is 11.9 Å². The maximum Gasteiger partial charge on any atom is 0.328 e. The van der Waals surface area contributed by atoms with Crippen LogP contribution in [0.25, 0.3) is 0 Å². The molecule has 1 aromatic rings. The van der Waals surface area contributed by atoms with Gasteiger partial charge in [-0.25, -0.2) is 4.79 Å². The highest BCUT2D eigenvalue weighted by molar-refractivity contribution is 5.84. The third kappa shape index (κ3) is 5.38. The zero-order valence-corrected chi connectivity index (χ0v) is 11.1. The Morgan fingerprint density at radius 2 is 2.05 bits per heavy atom. The molecule has 1 rings (SSSR count). The molecule has 0 heterocycles. The van der Waals surface area contributed by atoms with Crippen LogP contribution < -0.4 is 5.32 Å². The smallest absolute Gasteiger partial charge is 0.328 e. The zero-order chi connectivity index (χ0) is 14.1. The topological polar surface area (TPSA) is 55.4 Å². The maximum atomic E-state index is 11.8. The molecule has 0 aromatic heterocycles. The molecule has 4 nitrogen and oxygen atoms in total. The summed E-state index contributed by atoms with van der Waals surface area (Å²) in [5.41, 5.74) is 1.09. The van der Waals surface area contributed by atoms with Gasteiger partial charge in [-0.15, -0.1) is 6.58 Å². The van der Waals surface area contributed by atoms with Crippen molar-refractivity contribution in [2.24, 2.45) is 0 Å². The number of methoxy groups -OCH3 is 1. The quantitative estimate of drug-likeness (QED) is 0.602. The molecule has 0 aliphatic carbocycles. The molecule has 0 fully saturated rings. The summed E-state index contributed by atoms with van der Waals surface area (Å²) < 4.78 is 4.63. The first kappa shape index (κ1) is 15.0. The van der Waals surface area contributed by atoms with Crippen molar-refractivity contribution < 1.29 is 14.3 Å². The zero-order valence-electron chi connectivity index (χ0n) is 11.1. The van der Waals surface area contributed by atoms with Crippen molar-refractivity contribution in [2.45, 2.75) is 25.3 Å². The highest BCUT2D eigenvalue weighted by atomic mass is 16.5. The molecule has 0 radical (unpaired) electrons. The van der Waals surface area contributed by atoms with E-state index in [2.05, 4.69) is 16.6 Å². The Morgan fingerprint density at radius 1 is 1.37 bits per heavy atom. The SMILES string of the molecule is C=CC[C@@H](NC(=O)CCc1ccccc1)C(=O)OC. The van der Waals surface area contributed by atoms with E-state index in [4.69, 9.17) is 0 Å². The molecule has 19 heavy (non-hydrogen) atoms. The number of amides is 1. The van der Waals surface area contributed by atoms with Gasteiger partial charge >= 0.3 is 5.97 Å². The first-order valence-electron chi connectivity index (χ1n) is 6.19. The third-order valence-corrected chi connectivity index (χ3v) is 2.71. The van der Waals surface area contributed by atoms with Gasteiger partial charge in [-0.3, -0.25) is 4.79 Å². The van der Waals surface area contributed by atoms with Crippen LogP contribution in [0.3, 0.4) is 0 Å². The maximum absolute atomic E-state index is 11.8. The summed E-state index contributed by atoms with van der Waals surface area (Å²) in [7, 11) is 1.30. The number of esters is 1. The number of rotatable bonds is 7. The Kier molecular flexibility index (Phi) is 6.36. The molecule has 1 atom stereocenters. The fourth-order valence-electron chi connectivity index (χ4n) is 1.69. The first-order chi connectivity index (χ1) is 9.17. The van der Waals surface area contributed by atoms with Crippen LogP contribution in [-0.4, -0.2) is 25.0 Å². The van der Waals surface area contributed by atoms with Gasteiger partial charge in [0.05, 0.1) is 7.11 Å². The summed E-state index contributed by atoms with van der Waals surface area (Å²) >= 11 is 0. The second kappa shape index (κ2) is 8.08. The Morgan fingerprint density at radius 3 is 2.63 bits per heavy atom. The standard InChI is InChI=1S/C15H19NO3/c1-3-7-13(15(18)19-2)16-14(17)11-10-12-8-5-4-6-9-12/h3-6,8-9,13H,1,7,10-11H2,2H3,(H,16,17)/t13-/m1/s1. The number of aryl methyl sites for hydroxylation is 1. The molecule has 0 saturated carbocycles. The van der Waals surface area contributed by atoms with Gasteiger partial charge in [-0.2, -0.15) is 0 Å². The highest BCUT2D eigenvalue weighted by Crippen LogP contribution is 2.03. The van der Waals surface area contributed by atoms with E-state index in [1.807, 2.05) is 30.3 Å². The van der Waals surface area contributed by atoms with E-state index in [9.17, 15) is 9.59 Å². The summed E-state index contributed by atoms with van der Waals surface area (Å²) in [6.07, 6.45) is 2.94. The molecule has 0 saturated heterocycles. The second-order valence-electron chi connectivity index (χ2n) is 4.15. The van der Waals surface area contributed by atoms with Crippen LogP contribution in [0, 0.1) is 0 Å². The molecular weight excluding hydrogens is 242 g/mol. The number of carbonyl (C=O) groups excluding carboxylic acids is 2. The van der Waals surface area contributed by atoms with Gasteiger partial charge in [0.15, 0.2) is 0 Å². The minimum Gasteiger partial charge on any atom is -0.467 e. The molecule has 0 bridgehead atoms. The lowest BCUT2D eigenvalue weighted by atomic mass is 10.1. The van der Waals surface area contributed by atoms with E-state index in [-0.39, 0.29) is 5.91 Å². The molecule has 4 heteroatoms. The number of benzene rings is 1. The van der Waals surface area contributed by atoms with Crippen molar-refractivity contribution in [3.8, 4) is 0 Å². The Hall–Kier alpha value is -2.10. The molecule has 1 amide bonds. The highest BCUT2D eigenvalue weighted by Gasteiger charge is 2.19. The first-order valence-corrected chi connectivity index (χ1v) is 6.19. The average Bonchev–Trinajstić information content (AvgIpc) is 2.45. The average molecular weight is 261 g/mol. The molecule has 1 N–H and O–H groups in total. The summed E-state index contributed by atoms with van der Waals surface area (Å²) in [4.78, 5) is 23.2. The van der Waals surface area contributed by atoms with Gasteiger partial charge in [0, 0.05) is 6.42 Å². The lowest BCUT2D eigenvalue weighted by Gasteiger charge is -2.14. The summed E-state index contributed by atoms with van der Waals surface area (Å²) in [6, 6.07) is 9.08. The van der Waals surface area contributed by atoms with Crippen molar-refractivity contribution in [1.82, 2.24) is 5.32 Å². The van der Waals surface area contributed by atoms with Crippen molar-refractivity contribution in [3.05, 3.63) is 48.6 Å². The van der Waals surface area contributed by atoms with Crippen LogP contribution in [-0.2, 0) is 20.7 Å². The Bertz CT molecular complexity index is 428. The monoisotopic (exact) mass is 261 g/mol. The summed E-state index contributed by atoms with van der Waals surface area (Å²) in [5, 5.41) is 2.65. The van der Waals surface area contributed by atoms with Crippen LogP contribution in [0.5, 0.6) is 0 Å². The normalized spacial score (nSPS) is 11.4. The van der Waals surface area contributed by atoms with E-state index in [0.717, 1.165) is 5.56 Å². The molecular formula is C15H19NO3. The molecule has 0 spiro atoms. The molecule has 102 valence electrons.